The van der Waals surface area contributed by atoms with Crippen LogP contribution in [0.15, 0.2) is 18.2 Å². The number of hydrogen-bond donors (Lipinski definition) is 0. The van der Waals surface area contributed by atoms with Crippen molar-refractivity contribution in [2.24, 2.45) is 0 Å². The lowest BCUT2D eigenvalue weighted by Gasteiger charge is -1.94. The number of halogens is 2. The maximum Gasteiger partial charge on any atom is 0.0966 e. The SMILES string of the molecule is N#CCC#Cc1ccc(Cl)cc1Cl. The minimum Gasteiger partial charge on any atom is -0.197 e. The summed E-state index contributed by atoms with van der Waals surface area (Å²) in [5.41, 5.74) is 0.696. The third-order valence-electron chi connectivity index (χ3n) is 1.32. The summed E-state index contributed by atoms with van der Waals surface area (Å²) in [5.74, 6) is 5.45. The molecule has 0 aliphatic rings. The molecule has 0 N–H and O–H groups in total. The van der Waals surface area contributed by atoms with Crippen LogP contribution in [0.4, 0.5) is 0 Å². The van der Waals surface area contributed by atoms with Gasteiger partial charge in [0, 0.05) is 10.6 Å². The minimum absolute atomic E-state index is 0.207. The van der Waals surface area contributed by atoms with Gasteiger partial charge in [-0.3, -0.25) is 0 Å². The van der Waals surface area contributed by atoms with E-state index in [1.165, 1.54) is 0 Å². The van der Waals surface area contributed by atoms with Crippen LogP contribution in [0.3, 0.4) is 0 Å². The predicted octanol–water partition coefficient (Wildman–Crippen LogP) is 3.26. The molecule has 0 aliphatic heterocycles. The predicted molar refractivity (Wildman–Crippen MR) is 53.6 cm³/mol. The first-order valence-electron chi connectivity index (χ1n) is 3.55. The summed E-state index contributed by atoms with van der Waals surface area (Å²) >= 11 is 11.5. The zero-order valence-corrected chi connectivity index (χ0v) is 8.15. The highest BCUT2D eigenvalue weighted by atomic mass is 35.5. The lowest BCUT2D eigenvalue weighted by molar-refractivity contribution is 1.39. The maximum atomic E-state index is 8.25. The Hall–Kier alpha value is -1.15. The van der Waals surface area contributed by atoms with Crippen LogP contribution in [-0.2, 0) is 0 Å². The lowest BCUT2D eigenvalue weighted by Crippen LogP contribution is -1.76. The lowest BCUT2D eigenvalue weighted by atomic mass is 10.2. The molecule has 0 saturated carbocycles. The van der Waals surface area contributed by atoms with E-state index in [1.807, 2.05) is 6.07 Å². The number of rotatable bonds is 0. The van der Waals surface area contributed by atoms with E-state index in [4.69, 9.17) is 28.5 Å². The van der Waals surface area contributed by atoms with Crippen LogP contribution in [0, 0.1) is 23.2 Å². The molecule has 1 aromatic carbocycles. The Labute approximate surface area is 86.9 Å². The van der Waals surface area contributed by atoms with Crippen LogP contribution in [0.5, 0.6) is 0 Å². The number of nitriles is 1. The molecule has 1 rings (SSSR count). The van der Waals surface area contributed by atoms with Gasteiger partial charge in [-0.05, 0) is 18.2 Å². The van der Waals surface area contributed by atoms with Crippen LogP contribution < -0.4 is 0 Å². The highest BCUT2D eigenvalue weighted by Gasteiger charge is 1.96. The molecule has 0 heterocycles. The number of nitrogens with zero attached hydrogens (tertiary/aromatic N) is 1. The molecule has 1 aromatic rings. The molecule has 0 saturated heterocycles. The number of benzene rings is 1. The van der Waals surface area contributed by atoms with Gasteiger partial charge in [-0.2, -0.15) is 5.26 Å². The third-order valence-corrected chi connectivity index (χ3v) is 1.87. The summed E-state index contributed by atoms with van der Waals surface area (Å²) in [6.07, 6.45) is 0.207. The topological polar surface area (TPSA) is 23.8 Å². The molecule has 3 heteroatoms. The fourth-order valence-corrected chi connectivity index (χ4v) is 1.23. The van der Waals surface area contributed by atoms with Crippen molar-refractivity contribution in [3.63, 3.8) is 0 Å². The zero-order chi connectivity index (χ0) is 9.68. The molecule has 0 atom stereocenters. The third kappa shape index (κ3) is 2.99. The maximum absolute atomic E-state index is 8.25. The van der Waals surface area contributed by atoms with Crippen molar-refractivity contribution in [2.75, 3.05) is 0 Å². The van der Waals surface area contributed by atoms with E-state index in [2.05, 4.69) is 11.8 Å². The highest BCUT2D eigenvalue weighted by Crippen LogP contribution is 2.19. The molecule has 64 valence electrons. The quantitative estimate of drug-likeness (QED) is 0.603. The van der Waals surface area contributed by atoms with Gasteiger partial charge in [0.15, 0.2) is 0 Å². The second-order valence-corrected chi connectivity index (χ2v) is 3.10. The molecular weight excluding hydrogens is 205 g/mol. The van der Waals surface area contributed by atoms with Crippen LogP contribution in [0.1, 0.15) is 12.0 Å². The zero-order valence-electron chi connectivity index (χ0n) is 6.64. The Bertz CT molecular complexity index is 407. The van der Waals surface area contributed by atoms with Gasteiger partial charge in [0.2, 0.25) is 0 Å². The molecule has 0 fully saturated rings. The van der Waals surface area contributed by atoms with Gasteiger partial charge in [0.1, 0.15) is 0 Å². The van der Waals surface area contributed by atoms with Gasteiger partial charge in [-0.25, -0.2) is 0 Å². The van der Waals surface area contributed by atoms with Crippen molar-refractivity contribution in [2.45, 2.75) is 6.42 Å². The van der Waals surface area contributed by atoms with Gasteiger partial charge < -0.3 is 0 Å². The average molecular weight is 210 g/mol. The minimum atomic E-state index is 0.207. The monoisotopic (exact) mass is 209 g/mol. The van der Waals surface area contributed by atoms with Crippen LogP contribution in [0.2, 0.25) is 10.0 Å². The van der Waals surface area contributed by atoms with Crippen LogP contribution in [-0.4, -0.2) is 0 Å². The molecule has 13 heavy (non-hydrogen) atoms. The van der Waals surface area contributed by atoms with E-state index in [-0.39, 0.29) is 6.42 Å². The molecule has 0 aliphatic carbocycles. The van der Waals surface area contributed by atoms with Gasteiger partial charge in [-0.1, -0.05) is 35.0 Å². The van der Waals surface area contributed by atoms with Gasteiger partial charge in [0.25, 0.3) is 0 Å². The molecule has 0 aromatic heterocycles. The normalized spacial score (nSPS) is 8.38. The Morgan fingerprint density at radius 3 is 2.69 bits per heavy atom. The van der Waals surface area contributed by atoms with E-state index < -0.39 is 0 Å². The first kappa shape index (κ1) is 9.93. The Balaban J connectivity index is 2.93. The summed E-state index contributed by atoms with van der Waals surface area (Å²) in [4.78, 5) is 0. The van der Waals surface area contributed by atoms with Crippen LogP contribution >= 0.6 is 23.2 Å². The Morgan fingerprint density at radius 1 is 1.31 bits per heavy atom. The van der Waals surface area contributed by atoms with Gasteiger partial charge in [-0.15, -0.1) is 0 Å². The first-order valence-corrected chi connectivity index (χ1v) is 4.30. The van der Waals surface area contributed by atoms with E-state index in [1.54, 1.807) is 18.2 Å². The van der Waals surface area contributed by atoms with Crippen molar-refractivity contribution in [1.29, 1.82) is 5.26 Å². The second-order valence-electron chi connectivity index (χ2n) is 2.26. The standard InChI is InChI=1S/C10H5Cl2N/c11-9-5-4-8(10(12)7-9)3-1-2-6-13/h4-5,7H,2H2. The summed E-state index contributed by atoms with van der Waals surface area (Å²) in [5, 5.41) is 9.34. The van der Waals surface area contributed by atoms with Crippen LogP contribution in [0.25, 0.3) is 0 Å². The highest BCUT2D eigenvalue weighted by molar-refractivity contribution is 6.35. The molecule has 0 amide bonds. The molecular formula is C10H5Cl2N. The van der Waals surface area contributed by atoms with Crippen molar-refractivity contribution >= 4 is 23.2 Å². The fraction of sp³-hybridized carbons (Fsp3) is 0.100. The first-order chi connectivity index (χ1) is 6.24. The van der Waals surface area contributed by atoms with Crippen molar-refractivity contribution in [3.8, 4) is 17.9 Å². The summed E-state index contributed by atoms with van der Waals surface area (Å²) in [6.45, 7) is 0. The van der Waals surface area contributed by atoms with E-state index in [0.29, 0.717) is 15.6 Å². The average Bonchev–Trinajstić information content (AvgIpc) is 2.09. The second kappa shape index (κ2) is 4.77. The fourth-order valence-electron chi connectivity index (χ4n) is 0.770. The van der Waals surface area contributed by atoms with E-state index in [0.717, 1.165) is 0 Å². The summed E-state index contributed by atoms with van der Waals surface area (Å²) in [6, 6.07) is 6.99. The largest absolute Gasteiger partial charge is 0.197 e. The van der Waals surface area contributed by atoms with Crippen molar-refractivity contribution in [1.82, 2.24) is 0 Å². The molecule has 0 unspecified atom stereocenters. The smallest absolute Gasteiger partial charge is 0.0966 e. The van der Waals surface area contributed by atoms with Gasteiger partial charge >= 0.3 is 0 Å². The summed E-state index contributed by atoms with van der Waals surface area (Å²) < 4.78 is 0. The van der Waals surface area contributed by atoms with Gasteiger partial charge in [0.05, 0.1) is 17.5 Å². The molecule has 0 radical (unpaired) electrons. The van der Waals surface area contributed by atoms with Crippen molar-refractivity contribution in [3.05, 3.63) is 33.8 Å². The molecule has 1 nitrogen and oxygen atoms in total. The molecule has 0 bridgehead atoms. The number of hydrogen-bond acceptors (Lipinski definition) is 1. The van der Waals surface area contributed by atoms with E-state index in [9.17, 15) is 0 Å². The van der Waals surface area contributed by atoms with E-state index >= 15 is 0 Å². The Morgan fingerprint density at radius 2 is 2.08 bits per heavy atom. The summed E-state index contributed by atoms with van der Waals surface area (Å²) in [7, 11) is 0. The Kier molecular flexibility index (Phi) is 3.65. The molecule has 0 spiro atoms. The van der Waals surface area contributed by atoms with Crippen molar-refractivity contribution < 1.29 is 0 Å².